The topological polar surface area (TPSA) is 49.7 Å². The van der Waals surface area contributed by atoms with E-state index in [2.05, 4.69) is 23.1 Å². The third-order valence-corrected chi connectivity index (χ3v) is 6.23. The maximum Gasteiger partial charge on any atom is 0.282 e. The van der Waals surface area contributed by atoms with Crippen LogP contribution in [0.15, 0.2) is 33.6 Å². The van der Waals surface area contributed by atoms with E-state index in [4.69, 9.17) is 0 Å². The molecule has 1 saturated carbocycles. The van der Waals surface area contributed by atoms with Crippen LogP contribution in [-0.4, -0.2) is 38.2 Å². The molecule has 1 aliphatic rings. The lowest BCUT2D eigenvalue weighted by Gasteiger charge is -2.29. The van der Waals surface area contributed by atoms with Gasteiger partial charge in [-0.2, -0.15) is 12.8 Å². The van der Waals surface area contributed by atoms with Gasteiger partial charge in [-0.15, -0.1) is 0 Å². The van der Waals surface area contributed by atoms with Gasteiger partial charge in [0.25, 0.3) is 10.0 Å². The first-order valence-electron chi connectivity index (χ1n) is 9.62. The standard InChI is InChI=1S/C20H32N2O2S/c1-4-6-15-22(16-7-5-2)20-10-8-9-19(20)21-25(23,24)18-13-11-17(3)12-14-18/h11-14,20H,4-10,15-16H2,1-3H3/b21-19+. The van der Waals surface area contributed by atoms with Crippen LogP contribution in [0.25, 0.3) is 0 Å². The molecule has 0 radical (unpaired) electrons. The maximum absolute atomic E-state index is 12.7. The van der Waals surface area contributed by atoms with Crippen LogP contribution in [0.5, 0.6) is 0 Å². The van der Waals surface area contributed by atoms with Crippen LogP contribution in [0.4, 0.5) is 0 Å². The lowest BCUT2D eigenvalue weighted by atomic mass is 10.1. The van der Waals surface area contributed by atoms with E-state index in [1.54, 1.807) is 12.1 Å². The van der Waals surface area contributed by atoms with Crippen molar-refractivity contribution in [3.8, 4) is 0 Å². The molecule has 1 fully saturated rings. The molecular formula is C20H32N2O2S. The molecule has 1 aromatic carbocycles. The Labute approximate surface area is 153 Å². The highest BCUT2D eigenvalue weighted by Crippen LogP contribution is 2.25. The highest BCUT2D eigenvalue weighted by Gasteiger charge is 2.30. The Morgan fingerprint density at radius 3 is 2.24 bits per heavy atom. The Kier molecular flexibility index (Phi) is 7.63. The molecule has 25 heavy (non-hydrogen) atoms. The van der Waals surface area contributed by atoms with Crippen molar-refractivity contribution in [1.29, 1.82) is 0 Å². The van der Waals surface area contributed by atoms with Crippen molar-refractivity contribution in [1.82, 2.24) is 4.90 Å². The number of aryl methyl sites for hydroxylation is 1. The van der Waals surface area contributed by atoms with Crippen molar-refractivity contribution in [3.05, 3.63) is 29.8 Å². The summed E-state index contributed by atoms with van der Waals surface area (Å²) < 4.78 is 29.7. The summed E-state index contributed by atoms with van der Waals surface area (Å²) >= 11 is 0. The van der Waals surface area contributed by atoms with Gasteiger partial charge in [-0.25, -0.2) is 0 Å². The number of unbranched alkanes of at least 4 members (excludes halogenated alkanes) is 2. The van der Waals surface area contributed by atoms with Gasteiger partial charge in [-0.05, 0) is 64.3 Å². The number of nitrogens with zero attached hydrogens (tertiary/aromatic N) is 2. The lowest BCUT2D eigenvalue weighted by molar-refractivity contribution is 0.233. The molecule has 2 rings (SSSR count). The highest BCUT2D eigenvalue weighted by molar-refractivity contribution is 7.90. The fraction of sp³-hybridized carbons (Fsp3) is 0.650. The second-order valence-electron chi connectivity index (χ2n) is 7.02. The predicted octanol–water partition coefficient (Wildman–Crippen LogP) is 4.58. The fourth-order valence-electron chi connectivity index (χ4n) is 3.37. The molecule has 0 aromatic heterocycles. The van der Waals surface area contributed by atoms with Gasteiger partial charge in [-0.3, -0.25) is 4.90 Å². The number of sulfonamides is 1. The van der Waals surface area contributed by atoms with Crippen LogP contribution in [0.2, 0.25) is 0 Å². The molecule has 0 bridgehead atoms. The van der Waals surface area contributed by atoms with Crippen LogP contribution in [0.3, 0.4) is 0 Å². The van der Waals surface area contributed by atoms with Crippen molar-refractivity contribution >= 4 is 15.7 Å². The molecule has 4 nitrogen and oxygen atoms in total. The molecule has 1 aromatic rings. The van der Waals surface area contributed by atoms with E-state index >= 15 is 0 Å². The molecule has 5 heteroatoms. The van der Waals surface area contributed by atoms with E-state index in [1.165, 1.54) is 0 Å². The summed E-state index contributed by atoms with van der Waals surface area (Å²) in [4.78, 5) is 2.76. The summed E-state index contributed by atoms with van der Waals surface area (Å²) in [6.07, 6.45) is 7.46. The van der Waals surface area contributed by atoms with Crippen LogP contribution in [0, 0.1) is 6.92 Å². The summed E-state index contributed by atoms with van der Waals surface area (Å²) in [6.45, 7) is 8.41. The predicted molar refractivity (Wildman–Crippen MR) is 105 cm³/mol. The first-order chi connectivity index (χ1) is 12.0. The Morgan fingerprint density at radius 2 is 1.68 bits per heavy atom. The van der Waals surface area contributed by atoms with Gasteiger partial charge in [0.1, 0.15) is 0 Å². The number of benzene rings is 1. The maximum atomic E-state index is 12.7. The third kappa shape index (κ3) is 5.65. The molecule has 0 heterocycles. The van der Waals surface area contributed by atoms with E-state index in [1.807, 2.05) is 19.1 Å². The minimum absolute atomic E-state index is 0.193. The largest absolute Gasteiger partial charge is 0.295 e. The summed E-state index contributed by atoms with van der Waals surface area (Å²) in [5.74, 6) is 0. The average molecular weight is 365 g/mol. The van der Waals surface area contributed by atoms with E-state index < -0.39 is 10.0 Å². The molecule has 140 valence electrons. The van der Waals surface area contributed by atoms with Gasteiger partial charge in [-0.1, -0.05) is 44.4 Å². The van der Waals surface area contributed by atoms with E-state index in [0.717, 1.165) is 69.3 Å². The molecule has 0 amide bonds. The Hall–Kier alpha value is -1.20. The fourth-order valence-corrected chi connectivity index (χ4v) is 4.48. The number of rotatable bonds is 9. The SMILES string of the molecule is CCCCN(CCCC)C1CCC/C1=N\S(=O)(=O)c1ccc(C)cc1. The zero-order valence-electron chi connectivity index (χ0n) is 15.9. The Morgan fingerprint density at radius 1 is 1.08 bits per heavy atom. The van der Waals surface area contributed by atoms with Crippen LogP contribution in [0.1, 0.15) is 64.4 Å². The highest BCUT2D eigenvalue weighted by atomic mass is 32.2. The molecule has 0 spiro atoms. The van der Waals surface area contributed by atoms with Crippen molar-refractivity contribution in [2.45, 2.75) is 76.7 Å². The second kappa shape index (κ2) is 9.48. The van der Waals surface area contributed by atoms with Crippen LogP contribution in [-0.2, 0) is 10.0 Å². The van der Waals surface area contributed by atoms with Crippen LogP contribution >= 0.6 is 0 Å². The zero-order chi connectivity index (χ0) is 18.3. The lowest BCUT2D eigenvalue weighted by Crippen LogP contribution is -2.39. The summed E-state index contributed by atoms with van der Waals surface area (Å²) in [7, 11) is -3.61. The second-order valence-corrected chi connectivity index (χ2v) is 8.63. The van der Waals surface area contributed by atoms with Gasteiger partial charge >= 0.3 is 0 Å². The molecule has 1 atom stereocenters. The summed E-state index contributed by atoms with van der Waals surface area (Å²) in [5.41, 5.74) is 1.91. The minimum Gasteiger partial charge on any atom is -0.295 e. The monoisotopic (exact) mass is 364 g/mol. The van der Waals surface area contributed by atoms with E-state index in [0.29, 0.717) is 4.90 Å². The van der Waals surface area contributed by atoms with Crippen molar-refractivity contribution in [3.63, 3.8) is 0 Å². The van der Waals surface area contributed by atoms with Gasteiger partial charge in [0.15, 0.2) is 0 Å². The quantitative estimate of drug-likeness (QED) is 0.644. The van der Waals surface area contributed by atoms with E-state index in [9.17, 15) is 8.42 Å². The molecular weight excluding hydrogens is 332 g/mol. The van der Waals surface area contributed by atoms with E-state index in [-0.39, 0.29) is 6.04 Å². The zero-order valence-corrected chi connectivity index (χ0v) is 16.7. The molecule has 0 aliphatic heterocycles. The summed E-state index contributed by atoms with van der Waals surface area (Å²) in [5, 5.41) is 0. The first-order valence-corrected chi connectivity index (χ1v) is 11.1. The van der Waals surface area contributed by atoms with Crippen molar-refractivity contribution < 1.29 is 8.42 Å². The molecule has 0 saturated heterocycles. The van der Waals surface area contributed by atoms with Crippen molar-refractivity contribution in [2.75, 3.05) is 13.1 Å². The number of hydrogen-bond donors (Lipinski definition) is 0. The summed E-state index contributed by atoms with van der Waals surface area (Å²) in [6, 6.07) is 7.16. The third-order valence-electron chi connectivity index (χ3n) is 4.89. The normalized spacial score (nSPS) is 19.8. The first kappa shape index (κ1) is 20.1. The van der Waals surface area contributed by atoms with Crippen LogP contribution < -0.4 is 0 Å². The van der Waals surface area contributed by atoms with Gasteiger partial charge in [0.05, 0.1) is 4.90 Å². The van der Waals surface area contributed by atoms with Gasteiger partial charge < -0.3 is 0 Å². The molecule has 1 aliphatic carbocycles. The molecule has 1 unspecified atom stereocenters. The van der Waals surface area contributed by atoms with Crippen molar-refractivity contribution in [2.24, 2.45) is 4.40 Å². The average Bonchev–Trinajstić information content (AvgIpc) is 3.03. The minimum atomic E-state index is -3.61. The number of hydrogen-bond acceptors (Lipinski definition) is 3. The molecule has 0 N–H and O–H groups in total. The van der Waals surface area contributed by atoms with Gasteiger partial charge in [0, 0.05) is 11.8 Å². The smallest absolute Gasteiger partial charge is 0.282 e. The Balaban J connectivity index is 2.22. The van der Waals surface area contributed by atoms with Gasteiger partial charge in [0.2, 0.25) is 0 Å². The Bertz CT molecular complexity index is 657.